The third-order valence-electron chi connectivity index (χ3n) is 4.37. The van der Waals surface area contributed by atoms with Crippen LogP contribution in [-0.2, 0) is 15.1 Å². The normalized spacial score (nSPS) is 31.4. The highest BCUT2D eigenvalue weighted by atomic mass is 16.6. The number of nitrogens with zero attached hydrogens (tertiary/aromatic N) is 1. The van der Waals surface area contributed by atoms with Gasteiger partial charge in [-0.1, -0.05) is 44.2 Å². The summed E-state index contributed by atoms with van der Waals surface area (Å²) >= 11 is 0. The molecule has 0 spiro atoms. The molecule has 0 saturated carbocycles. The average Bonchev–Trinajstić information content (AvgIpc) is 2.64. The van der Waals surface area contributed by atoms with Crippen LogP contribution >= 0.6 is 0 Å². The quantitative estimate of drug-likeness (QED) is 0.784. The second-order valence-corrected chi connectivity index (χ2v) is 5.50. The SMILES string of the molecule is CCC(=O)OC1(c2ccccc2)C(C)CN(C)C1C. The number of benzene rings is 1. The molecule has 3 unspecified atom stereocenters. The molecular formula is C16H23NO2. The smallest absolute Gasteiger partial charge is 0.306 e. The summed E-state index contributed by atoms with van der Waals surface area (Å²) in [4.78, 5) is 14.2. The van der Waals surface area contributed by atoms with Crippen molar-refractivity contribution in [2.45, 2.75) is 38.8 Å². The lowest BCUT2D eigenvalue weighted by Gasteiger charge is -2.38. The van der Waals surface area contributed by atoms with Gasteiger partial charge in [-0.2, -0.15) is 0 Å². The van der Waals surface area contributed by atoms with Gasteiger partial charge in [0.1, 0.15) is 0 Å². The summed E-state index contributed by atoms with van der Waals surface area (Å²) in [7, 11) is 2.09. The molecule has 0 amide bonds. The van der Waals surface area contributed by atoms with Crippen molar-refractivity contribution in [1.29, 1.82) is 0 Å². The Morgan fingerprint density at radius 3 is 2.47 bits per heavy atom. The maximum atomic E-state index is 11.9. The minimum Gasteiger partial charge on any atom is -0.452 e. The van der Waals surface area contributed by atoms with Crippen LogP contribution in [0.25, 0.3) is 0 Å². The lowest BCUT2D eigenvalue weighted by Crippen LogP contribution is -2.45. The molecule has 2 rings (SSSR count). The maximum Gasteiger partial charge on any atom is 0.306 e. The summed E-state index contributed by atoms with van der Waals surface area (Å²) in [6.07, 6.45) is 0.414. The fraction of sp³-hybridized carbons (Fsp3) is 0.562. The van der Waals surface area contributed by atoms with Gasteiger partial charge in [-0.05, 0) is 19.5 Å². The minimum absolute atomic E-state index is 0.127. The molecule has 1 aromatic carbocycles. The van der Waals surface area contributed by atoms with Gasteiger partial charge in [0.05, 0.1) is 6.04 Å². The molecule has 0 N–H and O–H groups in total. The molecule has 1 aliphatic rings. The predicted octanol–water partition coefficient (Wildman–Crippen LogP) is 2.81. The second-order valence-electron chi connectivity index (χ2n) is 5.50. The van der Waals surface area contributed by atoms with Crippen molar-refractivity contribution in [1.82, 2.24) is 4.90 Å². The van der Waals surface area contributed by atoms with Crippen LogP contribution in [0.1, 0.15) is 32.8 Å². The Bertz CT molecular complexity index is 445. The predicted molar refractivity (Wildman–Crippen MR) is 75.8 cm³/mol. The van der Waals surface area contributed by atoms with Crippen molar-refractivity contribution >= 4 is 5.97 Å². The Labute approximate surface area is 115 Å². The summed E-state index contributed by atoms with van der Waals surface area (Å²) in [5.74, 6) is 0.156. The molecule has 0 aliphatic carbocycles. The first-order chi connectivity index (χ1) is 9.02. The molecule has 3 atom stereocenters. The topological polar surface area (TPSA) is 29.5 Å². The number of ether oxygens (including phenoxy) is 1. The summed E-state index contributed by atoms with van der Waals surface area (Å²) < 4.78 is 5.95. The van der Waals surface area contributed by atoms with E-state index in [2.05, 4.69) is 37.9 Å². The first-order valence-electron chi connectivity index (χ1n) is 7.00. The summed E-state index contributed by atoms with van der Waals surface area (Å²) in [5, 5.41) is 0. The van der Waals surface area contributed by atoms with E-state index >= 15 is 0 Å². The van der Waals surface area contributed by atoms with Crippen LogP contribution in [0.3, 0.4) is 0 Å². The molecule has 1 aromatic rings. The number of rotatable bonds is 3. The third kappa shape index (κ3) is 2.27. The highest BCUT2D eigenvalue weighted by molar-refractivity contribution is 5.70. The molecule has 1 saturated heterocycles. The average molecular weight is 261 g/mol. The minimum atomic E-state index is -0.525. The van der Waals surface area contributed by atoms with E-state index in [1.807, 2.05) is 25.1 Å². The molecule has 104 valence electrons. The van der Waals surface area contributed by atoms with Crippen molar-refractivity contribution in [3.05, 3.63) is 35.9 Å². The fourth-order valence-corrected chi connectivity index (χ4v) is 3.19. The van der Waals surface area contributed by atoms with Crippen LogP contribution in [0, 0.1) is 5.92 Å². The van der Waals surface area contributed by atoms with Crippen molar-refractivity contribution in [3.63, 3.8) is 0 Å². The Kier molecular flexibility index (Phi) is 3.95. The third-order valence-corrected chi connectivity index (χ3v) is 4.37. The van der Waals surface area contributed by atoms with Crippen molar-refractivity contribution in [3.8, 4) is 0 Å². The molecule has 0 radical (unpaired) electrons. The van der Waals surface area contributed by atoms with E-state index in [0.29, 0.717) is 6.42 Å². The molecule has 19 heavy (non-hydrogen) atoms. The lowest BCUT2D eigenvalue weighted by molar-refractivity contribution is -0.167. The molecular weight excluding hydrogens is 238 g/mol. The maximum absolute atomic E-state index is 11.9. The van der Waals surface area contributed by atoms with E-state index in [1.54, 1.807) is 0 Å². The fourth-order valence-electron chi connectivity index (χ4n) is 3.19. The summed E-state index contributed by atoms with van der Waals surface area (Å²) in [6.45, 7) is 7.08. The number of hydrogen-bond donors (Lipinski definition) is 0. The summed E-state index contributed by atoms with van der Waals surface area (Å²) in [6, 6.07) is 10.3. The molecule has 1 heterocycles. The number of likely N-dealkylation sites (tertiary alicyclic amines) is 1. The number of carbonyl (C=O) groups excluding carboxylic acids is 1. The second kappa shape index (κ2) is 5.33. The van der Waals surface area contributed by atoms with Gasteiger partial charge in [-0.15, -0.1) is 0 Å². The van der Waals surface area contributed by atoms with Crippen LogP contribution in [0.2, 0.25) is 0 Å². The van der Waals surface area contributed by atoms with Gasteiger partial charge >= 0.3 is 5.97 Å². The Balaban J connectivity index is 2.47. The molecule has 0 aromatic heterocycles. The molecule has 1 fully saturated rings. The van der Waals surface area contributed by atoms with Gasteiger partial charge in [-0.3, -0.25) is 9.69 Å². The largest absolute Gasteiger partial charge is 0.452 e. The highest BCUT2D eigenvalue weighted by Crippen LogP contribution is 2.44. The monoisotopic (exact) mass is 261 g/mol. The van der Waals surface area contributed by atoms with E-state index in [4.69, 9.17) is 4.74 Å². The zero-order valence-corrected chi connectivity index (χ0v) is 12.2. The van der Waals surface area contributed by atoms with Crippen LogP contribution in [0.5, 0.6) is 0 Å². The Hall–Kier alpha value is -1.35. The molecule has 1 aliphatic heterocycles. The Morgan fingerprint density at radius 2 is 2.00 bits per heavy atom. The standard InChI is InChI=1S/C16H23NO2/c1-5-15(18)19-16(14-9-7-6-8-10-14)12(2)11-17(4)13(16)3/h6-10,12-13H,5,11H2,1-4H3. The summed E-state index contributed by atoms with van der Waals surface area (Å²) in [5.41, 5.74) is 0.574. The van der Waals surface area contributed by atoms with E-state index in [1.165, 1.54) is 0 Å². The van der Waals surface area contributed by atoms with Crippen molar-refractivity contribution in [2.24, 2.45) is 5.92 Å². The number of carbonyl (C=O) groups is 1. The van der Waals surface area contributed by atoms with Gasteiger partial charge in [0.2, 0.25) is 0 Å². The van der Waals surface area contributed by atoms with Crippen LogP contribution < -0.4 is 0 Å². The molecule has 0 bridgehead atoms. The van der Waals surface area contributed by atoms with Gasteiger partial charge < -0.3 is 4.74 Å². The van der Waals surface area contributed by atoms with Crippen molar-refractivity contribution < 1.29 is 9.53 Å². The van der Waals surface area contributed by atoms with E-state index < -0.39 is 5.60 Å². The van der Waals surface area contributed by atoms with Crippen LogP contribution in [0.4, 0.5) is 0 Å². The zero-order valence-electron chi connectivity index (χ0n) is 12.2. The molecule has 3 nitrogen and oxygen atoms in total. The van der Waals surface area contributed by atoms with Gasteiger partial charge in [-0.25, -0.2) is 0 Å². The number of esters is 1. The lowest BCUT2D eigenvalue weighted by atomic mass is 9.80. The number of likely N-dealkylation sites (N-methyl/N-ethyl adjacent to an activating group) is 1. The zero-order chi connectivity index (χ0) is 14.0. The van der Waals surface area contributed by atoms with E-state index in [0.717, 1.165) is 12.1 Å². The molecule has 3 heteroatoms. The van der Waals surface area contributed by atoms with Gasteiger partial charge in [0.15, 0.2) is 5.60 Å². The van der Waals surface area contributed by atoms with Crippen molar-refractivity contribution in [2.75, 3.05) is 13.6 Å². The van der Waals surface area contributed by atoms with Crippen LogP contribution in [-0.4, -0.2) is 30.5 Å². The van der Waals surface area contributed by atoms with Gasteiger partial charge in [0, 0.05) is 18.9 Å². The highest BCUT2D eigenvalue weighted by Gasteiger charge is 2.53. The van der Waals surface area contributed by atoms with Crippen LogP contribution in [0.15, 0.2) is 30.3 Å². The first kappa shape index (κ1) is 14.1. The first-order valence-corrected chi connectivity index (χ1v) is 7.00. The van der Waals surface area contributed by atoms with E-state index in [9.17, 15) is 4.79 Å². The van der Waals surface area contributed by atoms with Gasteiger partial charge in [0.25, 0.3) is 0 Å². The Morgan fingerprint density at radius 1 is 1.37 bits per heavy atom. The number of hydrogen-bond acceptors (Lipinski definition) is 3. The van der Waals surface area contributed by atoms with E-state index in [-0.39, 0.29) is 17.9 Å².